The molecule has 0 unspecified atom stereocenters. The van der Waals surface area contributed by atoms with E-state index in [9.17, 15) is 9.59 Å². The Hall–Kier alpha value is -1.14. The van der Waals surface area contributed by atoms with Crippen molar-refractivity contribution in [3.8, 4) is 0 Å². The van der Waals surface area contributed by atoms with Gasteiger partial charge in [0.1, 0.15) is 0 Å². The predicted molar refractivity (Wildman–Crippen MR) is 82.0 cm³/mol. The van der Waals surface area contributed by atoms with Gasteiger partial charge in [-0.2, -0.15) is 0 Å². The fraction of sp³-hybridized carbons (Fsp3) is 0.867. The van der Waals surface area contributed by atoms with Gasteiger partial charge in [0, 0.05) is 52.6 Å². The zero-order valence-corrected chi connectivity index (χ0v) is 13.6. The molecule has 1 fully saturated rings. The molecule has 6 heteroatoms. The Labute approximate surface area is 127 Å². The van der Waals surface area contributed by atoms with Crippen LogP contribution in [0.1, 0.15) is 27.2 Å². The summed E-state index contributed by atoms with van der Waals surface area (Å²) in [6.45, 7) is 11.8. The number of carbonyl (C=O) groups is 2. The topological polar surface area (TPSA) is 61.9 Å². The molecule has 6 nitrogen and oxygen atoms in total. The second-order valence-corrected chi connectivity index (χ2v) is 5.91. The Balaban J connectivity index is 2.15. The van der Waals surface area contributed by atoms with E-state index in [1.54, 1.807) is 11.8 Å². The standard InChI is InChI=1S/C15H29N3O3/c1-13(2)12-18(14(3)19)6-4-15(20)16-5-7-17-8-10-21-11-9-17/h13H,4-12H2,1-3H3,(H,16,20). The number of rotatable bonds is 8. The summed E-state index contributed by atoms with van der Waals surface area (Å²) in [7, 11) is 0. The Bertz CT molecular complexity index is 328. The van der Waals surface area contributed by atoms with Crippen LogP contribution in [0.25, 0.3) is 0 Å². The Morgan fingerprint density at radius 3 is 2.52 bits per heavy atom. The maximum absolute atomic E-state index is 11.8. The van der Waals surface area contributed by atoms with Gasteiger partial charge in [-0.1, -0.05) is 13.8 Å². The van der Waals surface area contributed by atoms with Crippen LogP contribution in [-0.2, 0) is 14.3 Å². The predicted octanol–water partition coefficient (Wildman–Crippen LogP) is 0.329. The molecule has 0 spiro atoms. The first-order chi connectivity index (χ1) is 9.99. The Morgan fingerprint density at radius 1 is 1.29 bits per heavy atom. The zero-order chi connectivity index (χ0) is 15.7. The molecule has 1 aliphatic heterocycles. The van der Waals surface area contributed by atoms with E-state index in [0.29, 0.717) is 32.0 Å². The van der Waals surface area contributed by atoms with Gasteiger partial charge in [-0.05, 0) is 5.92 Å². The van der Waals surface area contributed by atoms with E-state index in [1.165, 1.54) is 0 Å². The quantitative estimate of drug-likeness (QED) is 0.701. The normalized spacial score (nSPS) is 16.0. The van der Waals surface area contributed by atoms with Crippen molar-refractivity contribution in [1.82, 2.24) is 15.1 Å². The van der Waals surface area contributed by atoms with E-state index in [4.69, 9.17) is 4.74 Å². The van der Waals surface area contributed by atoms with E-state index in [1.807, 2.05) is 0 Å². The minimum Gasteiger partial charge on any atom is -0.379 e. The number of carbonyl (C=O) groups excluding carboxylic acids is 2. The minimum atomic E-state index is 0.0123. The van der Waals surface area contributed by atoms with Gasteiger partial charge in [0.25, 0.3) is 0 Å². The van der Waals surface area contributed by atoms with E-state index >= 15 is 0 Å². The van der Waals surface area contributed by atoms with Gasteiger partial charge in [-0.15, -0.1) is 0 Å². The highest BCUT2D eigenvalue weighted by Crippen LogP contribution is 2.01. The fourth-order valence-electron chi connectivity index (χ4n) is 2.32. The van der Waals surface area contributed by atoms with E-state index in [2.05, 4.69) is 24.1 Å². The molecule has 0 aliphatic carbocycles. The molecule has 1 N–H and O–H groups in total. The molecule has 1 rings (SSSR count). The van der Waals surface area contributed by atoms with Crippen LogP contribution in [-0.4, -0.2) is 74.1 Å². The number of hydrogen-bond acceptors (Lipinski definition) is 4. The number of hydrogen-bond donors (Lipinski definition) is 1. The summed E-state index contributed by atoms with van der Waals surface area (Å²) in [6, 6.07) is 0. The Morgan fingerprint density at radius 2 is 1.95 bits per heavy atom. The minimum absolute atomic E-state index is 0.0123. The summed E-state index contributed by atoms with van der Waals surface area (Å²) < 4.78 is 5.28. The molecule has 0 radical (unpaired) electrons. The first-order valence-corrected chi connectivity index (χ1v) is 7.81. The number of nitrogens with zero attached hydrogens (tertiary/aromatic N) is 2. The molecule has 122 valence electrons. The molecular weight excluding hydrogens is 270 g/mol. The lowest BCUT2D eigenvalue weighted by Gasteiger charge is -2.26. The third-order valence-electron chi connectivity index (χ3n) is 3.49. The highest BCUT2D eigenvalue weighted by atomic mass is 16.5. The summed E-state index contributed by atoms with van der Waals surface area (Å²) in [5.74, 6) is 0.460. The van der Waals surface area contributed by atoms with Crippen LogP contribution in [0.4, 0.5) is 0 Å². The van der Waals surface area contributed by atoms with E-state index in [-0.39, 0.29) is 11.8 Å². The van der Waals surface area contributed by atoms with E-state index in [0.717, 1.165) is 32.8 Å². The van der Waals surface area contributed by atoms with Crippen molar-refractivity contribution >= 4 is 11.8 Å². The van der Waals surface area contributed by atoms with E-state index < -0.39 is 0 Å². The monoisotopic (exact) mass is 299 g/mol. The van der Waals surface area contributed by atoms with Gasteiger partial charge in [0.2, 0.25) is 11.8 Å². The second-order valence-electron chi connectivity index (χ2n) is 5.91. The van der Waals surface area contributed by atoms with Gasteiger partial charge in [-0.3, -0.25) is 14.5 Å². The van der Waals surface area contributed by atoms with Gasteiger partial charge in [-0.25, -0.2) is 0 Å². The van der Waals surface area contributed by atoms with Crippen molar-refractivity contribution in [3.05, 3.63) is 0 Å². The lowest BCUT2D eigenvalue weighted by Crippen LogP contribution is -2.42. The molecule has 2 amide bonds. The zero-order valence-electron chi connectivity index (χ0n) is 13.6. The lowest BCUT2D eigenvalue weighted by molar-refractivity contribution is -0.130. The van der Waals surface area contributed by atoms with Crippen LogP contribution in [0.3, 0.4) is 0 Å². The number of morpholine rings is 1. The molecule has 0 aromatic carbocycles. The summed E-state index contributed by atoms with van der Waals surface area (Å²) >= 11 is 0. The molecule has 0 bridgehead atoms. The number of amides is 2. The fourth-order valence-corrected chi connectivity index (χ4v) is 2.32. The highest BCUT2D eigenvalue weighted by Gasteiger charge is 2.13. The van der Waals surface area contributed by atoms with Crippen LogP contribution in [0.5, 0.6) is 0 Å². The molecule has 0 atom stereocenters. The molecule has 1 saturated heterocycles. The second kappa shape index (κ2) is 9.73. The van der Waals surface area contributed by atoms with Crippen molar-refractivity contribution in [2.75, 3.05) is 52.5 Å². The number of nitrogens with one attached hydrogen (secondary N) is 1. The summed E-state index contributed by atoms with van der Waals surface area (Å²) in [6.07, 6.45) is 0.370. The molecule has 0 aromatic heterocycles. The largest absolute Gasteiger partial charge is 0.379 e. The van der Waals surface area contributed by atoms with Crippen molar-refractivity contribution in [2.24, 2.45) is 5.92 Å². The average Bonchev–Trinajstić information content (AvgIpc) is 2.44. The van der Waals surface area contributed by atoms with Gasteiger partial charge in [0.15, 0.2) is 0 Å². The van der Waals surface area contributed by atoms with Crippen molar-refractivity contribution < 1.29 is 14.3 Å². The van der Waals surface area contributed by atoms with Gasteiger partial charge < -0.3 is 15.0 Å². The summed E-state index contributed by atoms with van der Waals surface area (Å²) in [5, 5.41) is 2.92. The molecule has 0 aromatic rings. The molecule has 1 heterocycles. The number of ether oxygens (including phenoxy) is 1. The van der Waals surface area contributed by atoms with Crippen LogP contribution < -0.4 is 5.32 Å². The average molecular weight is 299 g/mol. The van der Waals surface area contributed by atoms with Crippen molar-refractivity contribution in [3.63, 3.8) is 0 Å². The smallest absolute Gasteiger partial charge is 0.221 e. The third-order valence-corrected chi connectivity index (χ3v) is 3.49. The molecule has 21 heavy (non-hydrogen) atoms. The SMILES string of the molecule is CC(=O)N(CCC(=O)NCCN1CCOCC1)CC(C)C. The lowest BCUT2D eigenvalue weighted by atomic mass is 10.2. The van der Waals surface area contributed by atoms with Gasteiger partial charge in [0.05, 0.1) is 13.2 Å². The van der Waals surface area contributed by atoms with Crippen LogP contribution in [0.15, 0.2) is 0 Å². The third kappa shape index (κ3) is 8.02. The van der Waals surface area contributed by atoms with Crippen molar-refractivity contribution in [2.45, 2.75) is 27.2 Å². The van der Waals surface area contributed by atoms with Gasteiger partial charge >= 0.3 is 0 Å². The van der Waals surface area contributed by atoms with Crippen molar-refractivity contribution in [1.29, 1.82) is 0 Å². The summed E-state index contributed by atoms with van der Waals surface area (Å²) in [4.78, 5) is 27.3. The maximum Gasteiger partial charge on any atom is 0.221 e. The first-order valence-electron chi connectivity index (χ1n) is 7.81. The Kier molecular flexibility index (Phi) is 8.30. The van der Waals surface area contributed by atoms with Crippen LogP contribution >= 0.6 is 0 Å². The van der Waals surface area contributed by atoms with Crippen LogP contribution in [0, 0.1) is 5.92 Å². The first kappa shape index (κ1) is 17.9. The summed E-state index contributed by atoms with van der Waals surface area (Å²) in [5.41, 5.74) is 0. The molecule has 0 saturated carbocycles. The maximum atomic E-state index is 11.8. The molecular formula is C15H29N3O3. The molecule has 1 aliphatic rings. The van der Waals surface area contributed by atoms with Crippen LogP contribution in [0.2, 0.25) is 0 Å². The highest BCUT2D eigenvalue weighted by molar-refractivity contribution is 5.77.